The van der Waals surface area contributed by atoms with Gasteiger partial charge in [0.15, 0.2) is 5.82 Å². The number of benzene rings is 1. The second kappa shape index (κ2) is 4.44. The lowest BCUT2D eigenvalue weighted by Crippen LogP contribution is -2.20. The van der Waals surface area contributed by atoms with Gasteiger partial charge in [-0.25, -0.2) is 4.63 Å². The molecule has 3 aromatic rings. The lowest BCUT2D eigenvalue weighted by Gasteiger charge is -2.20. The van der Waals surface area contributed by atoms with Gasteiger partial charge in [-0.1, -0.05) is 35.5 Å². The van der Waals surface area contributed by atoms with Crippen LogP contribution >= 0.6 is 0 Å². The van der Waals surface area contributed by atoms with E-state index in [-0.39, 0.29) is 17.4 Å². The van der Waals surface area contributed by atoms with Crippen molar-refractivity contribution in [1.29, 1.82) is 0 Å². The molecule has 0 amide bonds. The SMILES string of the molecule is CC(C)(c1ccccc1)c1noc(-c2nonc2N)n1. The number of hydrogen-bond donors (Lipinski definition) is 1. The Bertz CT molecular complexity index is 717. The molecule has 0 atom stereocenters. The minimum atomic E-state index is -0.394. The first kappa shape index (κ1) is 12.3. The van der Waals surface area contributed by atoms with Crippen molar-refractivity contribution >= 4 is 5.82 Å². The summed E-state index contributed by atoms with van der Waals surface area (Å²) >= 11 is 0. The highest BCUT2D eigenvalue weighted by Gasteiger charge is 2.30. The zero-order valence-corrected chi connectivity index (χ0v) is 11.1. The second-order valence-electron chi connectivity index (χ2n) is 4.91. The Labute approximate surface area is 114 Å². The number of nitrogens with two attached hydrogens (primary N) is 1. The molecule has 0 bridgehead atoms. The highest BCUT2D eigenvalue weighted by molar-refractivity contribution is 5.60. The summed E-state index contributed by atoms with van der Waals surface area (Å²) in [5.74, 6) is 0.863. The molecule has 7 nitrogen and oxygen atoms in total. The van der Waals surface area contributed by atoms with Gasteiger partial charge in [0.1, 0.15) is 0 Å². The van der Waals surface area contributed by atoms with Gasteiger partial charge in [-0.05, 0) is 29.7 Å². The van der Waals surface area contributed by atoms with E-state index in [0.29, 0.717) is 5.82 Å². The average Bonchev–Trinajstić information content (AvgIpc) is 3.08. The molecule has 0 radical (unpaired) electrons. The summed E-state index contributed by atoms with van der Waals surface area (Å²) in [6, 6.07) is 9.93. The molecule has 20 heavy (non-hydrogen) atoms. The van der Waals surface area contributed by atoms with Gasteiger partial charge in [0, 0.05) is 0 Å². The summed E-state index contributed by atoms with van der Waals surface area (Å²) in [5.41, 5.74) is 6.55. The van der Waals surface area contributed by atoms with E-state index in [2.05, 4.69) is 25.1 Å². The zero-order valence-electron chi connectivity index (χ0n) is 11.1. The predicted octanol–water partition coefficient (Wildman–Crippen LogP) is 2.03. The summed E-state index contributed by atoms with van der Waals surface area (Å²) in [4.78, 5) is 4.34. The van der Waals surface area contributed by atoms with E-state index in [1.165, 1.54) is 0 Å². The molecule has 0 spiro atoms. The maximum absolute atomic E-state index is 5.61. The molecule has 2 N–H and O–H groups in total. The van der Waals surface area contributed by atoms with E-state index in [1.54, 1.807) is 0 Å². The zero-order chi connectivity index (χ0) is 14.2. The monoisotopic (exact) mass is 271 g/mol. The van der Waals surface area contributed by atoms with Gasteiger partial charge in [-0.2, -0.15) is 4.98 Å². The average molecular weight is 271 g/mol. The number of aromatic nitrogens is 4. The van der Waals surface area contributed by atoms with Crippen LogP contribution in [0, 0.1) is 0 Å². The first-order valence-electron chi connectivity index (χ1n) is 6.07. The van der Waals surface area contributed by atoms with Crippen LogP contribution in [0.1, 0.15) is 25.2 Å². The van der Waals surface area contributed by atoms with Crippen LogP contribution < -0.4 is 5.73 Å². The quantitative estimate of drug-likeness (QED) is 0.777. The Morgan fingerprint density at radius 1 is 1.05 bits per heavy atom. The number of rotatable bonds is 3. The van der Waals surface area contributed by atoms with E-state index in [9.17, 15) is 0 Å². The molecule has 3 rings (SSSR count). The van der Waals surface area contributed by atoms with E-state index in [1.807, 2.05) is 44.2 Å². The molecule has 0 saturated carbocycles. The molecule has 7 heteroatoms. The van der Waals surface area contributed by atoms with Crippen molar-refractivity contribution < 1.29 is 9.15 Å². The van der Waals surface area contributed by atoms with Crippen molar-refractivity contribution in [1.82, 2.24) is 20.5 Å². The summed E-state index contributed by atoms with van der Waals surface area (Å²) in [7, 11) is 0. The van der Waals surface area contributed by atoms with E-state index in [4.69, 9.17) is 10.3 Å². The molecule has 2 heterocycles. The molecule has 102 valence electrons. The molecule has 0 aliphatic carbocycles. The molecule has 2 aromatic heterocycles. The van der Waals surface area contributed by atoms with Gasteiger partial charge >= 0.3 is 0 Å². The third-order valence-electron chi connectivity index (χ3n) is 3.20. The van der Waals surface area contributed by atoms with Crippen LogP contribution in [0.4, 0.5) is 5.82 Å². The topological polar surface area (TPSA) is 104 Å². The molecule has 0 saturated heterocycles. The van der Waals surface area contributed by atoms with Crippen molar-refractivity contribution in [3.8, 4) is 11.6 Å². The number of nitrogens with zero attached hydrogens (tertiary/aromatic N) is 4. The van der Waals surface area contributed by atoms with Crippen molar-refractivity contribution in [2.75, 3.05) is 5.73 Å². The van der Waals surface area contributed by atoms with Crippen LogP contribution in [-0.2, 0) is 5.41 Å². The standard InChI is InChI=1S/C13H13N5O2/c1-13(2,8-6-4-3-5-7-8)12-15-11(19-18-12)9-10(14)17-20-16-9/h3-7H,1-2H3,(H2,14,17). The molecule has 0 fully saturated rings. The van der Waals surface area contributed by atoms with Crippen LogP contribution in [0.15, 0.2) is 39.5 Å². The molecular formula is C13H13N5O2. The molecule has 0 unspecified atom stereocenters. The third kappa shape index (κ3) is 1.93. The highest BCUT2D eigenvalue weighted by Crippen LogP contribution is 2.31. The van der Waals surface area contributed by atoms with Gasteiger partial charge in [0.25, 0.3) is 5.89 Å². The van der Waals surface area contributed by atoms with Crippen molar-refractivity contribution in [2.24, 2.45) is 0 Å². The van der Waals surface area contributed by atoms with Gasteiger partial charge in [-0.3, -0.25) is 0 Å². The molecule has 0 aliphatic rings. The second-order valence-corrected chi connectivity index (χ2v) is 4.91. The minimum Gasteiger partial charge on any atom is -0.379 e. The third-order valence-corrected chi connectivity index (χ3v) is 3.20. The fourth-order valence-electron chi connectivity index (χ4n) is 1.90. The fourth-order valence-corrected chi connectivity index (χ4v) is 1.90. The Morgan fingerprint density at radius 3 is 2.45 bits per heavy atom. The van der Waals surface area contributed by atoms with Crippen LogP contribution in [-0.4, -0.2) is 20.5 Å². The van der Waals surface area contributed by atoms with Gasteiger partial charge in [0.2, 0.25) is 11.5 Å². The van der Waals surface area contributed by atoms with Crippen LogP contribution in [0.2, 0.25) is 0 Å². The molecule has 0 aliphatic heterocycles. The number of nitrogen functional groups attached to an aromatic ring is 1. The van der Waals surface area contributed by atoms with Crippen molar-refractivity contribution in [3.05, 3.63) is 41.7 Å². The Kier molecular flexibility index (Phi) is 2.74. The van der Waals surface area contributed by atoms with Crippen molar-refractivity contribution in [2.45, 2.75) is 19.3 Å². The highest BCUT2D eigenvalue weighted by atomic mass is 16.6. The van der Waals surface area contributed by atoms with Gasteiger partial charge in [-0.15, -0.1) is 0 Å². The maximum atomic E-state index is 5.61. The summed E-state index contributed by atoms with van der Waals surface area (Å²) in [5, 5.41) is 11.1. The normalized spacial score (nSPS) is 11.7. The number of anilines is 1. The van der Waals surface area contributed by atoms with E-state index >= 15 is 0 Å². The summed E-state index contributed by atoms with van der Waals surface area (Å²) in [6.45, 7) is 4.03. The smallest absolute Gasteiger partial charge is 0.284 e. The van der Waals surface area contributed by atoms with E-state index in [0.717, 1.165) is 5.56 Å². The summed E-state index contributed by atoms with van der Waals surface area (Å²) < 4.78 is 9.72. The van der Waals surface area contributed by atoms with Gasteiger partial charge in [0.05, 0.1) is 5.41 Å². The predicted molar refractivity (Wildman–Crippen MR) is 70.6 cm³/mol. The van der Waals surface area contributed by atoms with Crippen LogP contribution in [0.25, 0.3) is 11.6 Å². The largest absolute Gasteiger partial charge is 0.379 e. The first-order valence-corrected chi connectivity index (χ1v) is 6.07. The number of hydrogen-bond acceptors (Lipinski definition) is 7. The molecule has 1 aromatic carbocycles. The summed E-state index contributed by atoms with van der Waals surface area (Å²) in [6.07, 6.45) is 0. The fraction of sp³-hybridized carbons (Fsp3) is 0.231. The molecular weight excluding hydrogens is 258 g/mol. The van der Waals surface area contributed by atoms with Crippen molar-refractivity contribution in [3.63, 3.8) is 0 Å². The van der Waals surface area contributed by atoms with Gasteiger partial charge < -0.3 is 10.3 Å². The van der Waals surface area contributed by atoms with Crippen LogP contribution in [0.3, 0.4) is 0 Å². The lowest BCUT2D eigenvalue weighted by atomic mass is 9.84. The van der Waals surface area contributed by atoms with Crippen LogP contribution in [0.5, 0.6) is 0 Å². The lowest BCUT2D eigenvalue weighted by molar-refractivity contribution is 0.308. The Morgan fingerprint density at radius 2 is 1.80 bits per heavy atom. The minimum absolute atomic E-state index is 0.123. The first-order chi connectivity index (χ1) is 9.59. The Hall–Kier alpha value is -2.70. The Balaban J connectivity index is 2.00. The maximum Gasteiger partial charge on any atom is 0.284 e. The van der Waals surface area contributed by atoms with E-state index < -0.39 is 5.41 Å².